The third kappa shape index (κ3) is 2.13. The van der Waals surface area contributed by atoms with Crippen LogP contribution in [0.1, 0.15) is 16.1 Å². The Morgan fingerprint density at radius 3 is 3.05 bits per heavy atom. The zero-order chi connectivity index (χ0) is 15.1. The average Bonchev–Trinajstić information content (AvgIpc) is 3.10. The van der Waals surface area contributed by atoms with E-state index in [1.807, 2.05) is 41.8 Å². The number of hydrogen-bond donors (Lipinski definition) is 2. The summed E-state index contributed by atoms with van der Waals surface area (Å²) in [5, 5.41) is 4.02. The molecule has 0 spiro atoms. The molecule has 0 radical (unpaired) electrons. The van der Waals surface area contributed by atoms with E-state index in [-0.39, 0.29) is 5.91 Å². The summed E-state index contributed by atoms with van der Waals surface area (Å²) in [5.41, 5.74) is 4.45. The molecule has 4 rings (SSSR count). The molecule has 3 aromatic heterocycles. The van der Waals surface area contributed by atoms with Gasteiger partial charge in [-0.15, -0.1) is 0 Å². The minimum Gasteiger partial charge on any atom is -0.359 e. The molecule has 108 valence electrons. The molecule has 0 saturated heterocycles. The van der Waals surface area contributed by atoms with E-state index in [1.54, 1.807) is 18.6 Å². The molecule has 5 nitrogen and oxygen atoms in total. The largest absolute Gasteiger partial charge is 0.359 e. The number of benzene rings is 1. The third-order valence-corrected chi connectivity index (χ3v) is 3.69. The van der Waals surface area contributed by atoms with Crippen LogP contribution in [-0.4, -0.2) is 20.3 Å². The highest BCUT2D eigenvalue weighted by molar-refractivity contribution is 6.05. The van der Waals surface area contributed by atoms with Gasteiger partial charge in [0.25, 0.3) is 5.91 Å². The number of aromatic nitrogens is 3. The van der Waals surface area contributed by atoms with Crippen molar-refractivity contribution in [1.82, 2.24) is 14.4 Å². The Hall–Kier alpha value is -3.08. The highest BCUT2D eigenvalue weighted by atomic mass is 16.1. The first-order valence-corrected chi connectivity index (χ1v) is 7.01. The van der Waals surface area contributed by atoms with E-state index in [4.69, 9.17) is 0 Å². The number of nitrogens with zero attached hydrogens (tertiary/aromatic N) is 2. The van der Waals surface area contributed by atoms with Gasteiger partial charge in [-0.2, -0.15) is 0 Å². The van der Waals surface area contributed by atoms with E-state index in [0.717, 1.165) is 27.8 Å². The first-order chi connectivity index (χ1) is 10.7. The summed E-state index contributed by atoms with van der Waals surface area (Å²) in [6, 6.07) is 11.5. The van der Waals surface area contributed by atoms with Crippen LogP contribution in [-0.2, 0) is 0 Å². The molecular weight excluding hydrogens is 276 g/mol. The second-order valence-corrected chi connectivity index (χ2v) is 5.35. The van der Waals surface area contributed by atoms with Gasteiger partial charge in [-0.25, -0.2) is 4.98 Å². The number of aromatic amines is 1. The Bertz CT molecular complexity index is 996. The van der Waals surface area contributed by atoms with Crippen molar-refractivity contribution >= 4 is 28.0 Å². The molecule has 3 heterocycles. The minimum absolute atomic E-state index is 0.129. The lowest BCUT2D eigenvalue weighted by atomic mass is 10.2. The molecule has 0 saturated carbocycles. The van der Waals surface area contributed by atoms with E-state index < -0.39 is 0 Å². The molecule has 0 atom stereocenters. The molecule has 1 aromatic carbocycles. The molecule has 0 aliphatic rings. The normalized spacial score (nSPS) is 11.1. The van der Waals surface area contributed by atoms with Gasteiger partial charge >= 0.3 is 0 Å². The summed E-state index contributed by atoms with van der Waals surface area (Å²) in [6.45, 7) is 2.01. The molecule has 2 N–H and O–H groups in total. The van der Waals surface area contributed by atoms with E-state index >= 15 is 0 Å². The van der Waals surface area contributed by atoms with Crippen molar-refractivity contribution in [3.05, 3.63) is 66.4 Å². The van der Waals surface area contributed by atoms with Crippen LogP contribution in [0.5, 0.6) is 0 Å². The summed E-state index contributed by atoms with van der Waals surface area (Å²) in [5.74, 6) is -0.129. The van der Waals surface area contributed by atoms with Gasteiger partial charge in [-0.1, -0.05) is 0 Å². The number of rotatable bonds is 2. The van der Waals surface area contributed by atoms with Crippen LogP contribution in [0.4, 0.5) is 5.69 Å². The number of nitrogens with one attached hydrogen (secondary N) is 2. The van der Waals surface area contributed by atoms with Gasteiger partial charge in [0.05, 0.1) is 18.0 Å². The zero-order valence-electron chi connectivity index (χ0n) is 12.0. The van der Waals surface area contributed by atoms with Crippen molar-refractivity contribution < 1.29 is 4.79 Å². The van der Waals surface area contributed by atoms with Gasteiger partial charge < -0.3 is 14.7 Å². The van der Waals surface area contributed by atoms with Crippen molar-refractivity contribution in [2.75, 3.05) is 5.32 Å². The molecule has 0 fully saturated rings. The van der Waals surface area contributed by atoms with Gasteiger partial charge in [-0.3, -0.25) is 4.79 Å². The predicted molar refractivity (Wildman–Crippen MR) is 86.2 cm³/mol. The molecule has 5 heteroatoms. The lowest BCUT2D eigenvalue weighted by molar-refractivity contribution is 0.102. The van der Waals surface area contributed by atoms with Crippen molar-refractivity contribution in [2.45, 2.75) is 6.92 Å². The number of anilines is 1. The molecule has 0 unspecified atom stereocenters. The molecule has 0 aliphatic heterocycles. The maximum absolute atomic E-state index is 12.4. The number of carbonyl (C=O) groups is 1. The van der Waals surface area contributed by atoms with Crippen LogP contribution in [0.25, 0.3) is 16.4 Å². The highest BCUT2D eigenvalue weighted by Crippen LogP contribution is 2.20. The summed E-state index contributed by atoms with van der Waals surface area (Å²) in [6.07, 6.45) is 5.26. The van der Waals surface area contributed by atoms with E-state index in [0.29, 0.717) is 5.56 Å². The molecule has 4 aromatic rings. The van der Waals surface area contributed by atoms with Crippen LogP contribution in [0.2, 0.25) is 0 Å². The number of imidazole rings is 1. The van der Waals surface area contributed by atoms with E-state index in [9.17, 15) is 4.79 Å². The third-order valence-electron chi connectivity index (χ3n) is 3.69. The molecule has 0 aliphatic carbocycles. The van der Waals surface area contributed by atoms with Crippen molar-refractivity contribution in [3.63, 3.8) is 0 Å². The fraction of sp³-hybridized carbons (Fsp3) is 0.0588. The van der Waals surface area contributed by atoms with Crippen molar-refractivity contribution in [2.24, 2.45) is 0 Å². The number of amides is 1. The van der Waals surface area contributed by atoms with Crippen molar-refractivity contribution in [3.8, 4) is 0 Å². The Balaban J connectivity index is 1.64. The molecule has 0 bridgehead atoms. The molecule has 22 heavy (non-hydrogen) atoms. The number of pyridine rings is 1. The fourth-order valence-corrected chi connectivity index (χ4v) is 2.62. The Morgan fingerprint density at radius 2 is 2.14 bits per heavy atom. The molecular formula is C17H14N4O. The standard InChI is InChI=1S/C17H14N4O/c1-11-6-13-7-14(2-3-16(13)19-11)20-17(22)12-4-5-21-10-18-9-15(21)8-12/h2-10,19H,1H3,(H,20,22). The Morgan fingerprint density at radius 1 is 1.23 bits per heavy atom. The maximum atomic E-state index is 12.4. The van der Waals surface area contributed by atoms with Gasteiger partial charge in [0.2, 0.25) is 0 Å². The second kappa shape index (κ2) is 4.73. The quantitative estimate of drug-likeness (QED) is 0.594. The summed E-state index contributed by atoms with van der Waals surface area (Å²) < 4.78 is 1.87. The van der Waals surface area contributed by atoms with Gasteiger partial charge in [0.15, 0.2) is 0 Å². The summed E-state index contributed by atoms with van der Waals surface area (Å²) in [4.78, 5) is 19.7. The van der Waals surface area contributed by atoms with Crippen LogP contribution in [0, 0.1) is 6.92 Å². The SMILES string of the molecule is Cc1cc2cc(NC(=O)c3ccn4cncc4c3)ccc2[nH]1. The average molecular weight is 290 g/mol. The summed E-state index contributed by atoms with van der Waals surface area (Å²) >= 11 is 0. The minimum atomic E-state index is -0.129. The number of aryl methyl sites for hydroxylation is 1. The van der Waals surface area contributed by atoms with E-state index in [1.165, 1.54) is 0 Å². The zero-order valence-corrected chi connectivity index (χ0v) is 12.0. The highest BCUT2D eigenvalue weighted by Gasteiger charge is 2.08. The van der Waals surface area contributed by atoms with Crippen LogP contribution in [0.3, 0.4) is 0 Å². The van der Waals surface area contributed by atoms with E-state index in [2.05, 4.69) is 21.4 Å². The maximum Gasteiger partial charge on any atom is 0.255 e. The topological polar surface area (TPSA) is 62.2 Å². The predicted octanol–water partition coefficient (Wildman–Crippen LogP) is 3.38. The first-order valence-electron chi connectivity index (χ1n) is 7.01. The van der Waals surface area contributed by atoms with Crippen LogP contribution >= 0.6 is 0 Å². The lowest BCUT2D eigenvalue weighted by Gasteiger charge is -2.06. The van der Waals surface area contributed by atoms with Gasteiger partial charge in [0.1, 0.15) is 0 Å². The van der Waals surface area contributed by atoms with Crippen molar-refractivity contribution in [1.29, 1.82) is 0 Å². The van der Waals surface area contributed by atoms with Crippen LogP contribution < -0.4 is 5.32 Å². The number of fused-ring (bicyclic) bond motifs is 2. The Labute approximate surface area is 126 Å². The van der Waals surface area contributed by atoms with Gasteiger partial charge in [-0.05, 0) is 43.3 Å². The Kier molecular flexibility index (Phi) is 2.72. The van der Waals surface area contributed by atoms with Gasteiger partial charge in [0, 0.05) is 34.0 Å². The monoisotopic (exact) mass is 290 g/mol. The lowest BCUT2D eigenvalue weighted by Crippen LogP contribution is -2.12. The smallest absolute Gasteiger partial charge is 0.255 e. The summed E-state index contributed by atoms with van der Waals surface area (Å²) in [7, 11) is 0. The fourth-order valence-electron chi connectivity index (χ4n) is 2.62. The molecule has 1 amide bonds. The van der Waals surface area contributed by atoms with Crippen LogP contribution in [0.15, 0.2) is 55.1 Å². The first kappa shape index (κ1) is 12.6. The number of H-pyrrole nitrogens is 1. The number of hydrogen-bond acceptors (Lipinski definition) is 2. The second-order valence-electron chi connectivity index (χ2n) is 5.35. The number of carbonyl (C=O) groups excluding carboxylic acids is 1.